The molecule has 1 fully saturated rings. The monoisotopic (exact) mass is 251 g/mol. The highest BCUT2D eigenvalue weighted by Crippen LogP contribution is 2.26. The van der Waals surface area contributed by atoms with E-state index in [1.807, 2.05) is 31.2 Å². The lowest BCUT2D eigenvalue weighted by atomic mass is 10.0. The van der Waals surface area contributed by atoms with Crippen molar-refractivity contribution in [3.63, 3.8) is 0 Å². The van der Waals surface area contributed by atoms with Gasteiger partial charge in [0.15, 0.2) is 11.5 Å². The molecule has 4 heteroatoms. The van der Waals surface area contributed by atoms with E-state index in [2.05, 4.69) is 4.90 Å². The maximum absolute atomic E-state index is 8.93. The second kappa shape index (κ2) is 6.61. The molecule has 0 atom stereocenters. The molecule has 100 valence electrons. The van der Waals surface area contributed by atoms with Crippen molar-refractivity contribution < 1.29 is 14.6 Å². The highest BCUT2D eigenvalue weighted by atomic mass is 16.5. The van der Waals surface area contributed by atoms with Gasteiger partial charge in [0, 0.05) is 32.2 Å². The van der Waals surface area contributed by atoms with E-state index in [4.69, 9.17) is 14.6 Å². The zero-order chi connectivity index (χ0) is 12.8. The number of rotatable bonds is 7. The first kappa shape index (κ1) is 13.2. The fraction of sp³-hybridized carbons (Fsp3) is 0.571. The van der Waals surface area contributed by atoms with Gasteiger partial charge in [-0.1, -0.05) is 12.1 Å². The number of aliphatic hydroxyl groups excluding tert-OH is 1. The third kappa shape index (κ3) is 3.37. The summed E-state index contributed by atoms with van der Waals surface area (Å²) in [5, 5.41) is 8.93. The predicted octanol–water partition coefficient (Wildman–Crippen LogP) is 1.39. The minimum Gasteiger partial charge on any atom is -0.490 e. The molecule has 1 aromatic carbocycles. The Morgan fingerprint density at radius 2 is 1.89 bits per heavy atom. The molecule has 0 radical (unpaired) electrons. The van der Waals surface area contributed by atoms with E-state index in [9.17, 15) is 0 Å². The fourth-order valence-electron chi connectivity index (χ4n) is 2.10. The Kier molecular flexibility index (Phi) is 4.84. The van der Waals surface area contributed by atoms with E-state index in [-0.39, 0.29) is 0 Å². The number of nitrogens with zero attached hydrogens (tertiary/aromatic N) is 1. The van der Waals surface area contributed by atoms with Gasteiger partial charge in [-0.15, -0.1) is 0 Å². The smallest absolute Gasteiger partial charge is 0.161 e. The molecular formula is C14H21NO3. The Morgan fingerprint density at radius 1 is 1.22 bits per heavy atom. The van der Waals surface area contributed by atoms with E-state index in [1.165, 1.54) is 0 Å². The van der Waals surface area contributed by atoms with E-state index in [0.717, 1.165) is 31.1 Å². The molecule has 0 unspecified atom stereocenters. The predicted molar refractivity (Wildman–Crippen MR) is 70.1 cm³/mol. The summed E-state index contributed by atoms with van der Waals surface area (Å²) in [6.07, 6.45) is 0. The van der Waals surface area contributed by atoms with Crippen molar-refractivity contribution in [1.82, 2.24) is 4.90 Å². The normalized spacial score (nSPS) is 16.3. The van der Waals surface area contributed by atoms with Gasteiger partial charge < -0.3 is 14.6 Å². The molecule has 0 spiro atoms. The topological polar surface area (TPSA) is 41.9 Å². The SMILES string of the molecule is CCOc1ccccc1OCCN1CC(CO)C1. The second-order valence-electron chi connectivity index (χ2n) is 4.54. The van der Waals surface area contributed by atoms with Crippen LogP contribution in [-0.2, 0) is 0 Å². The zero-order valence-electron chi connectivity index (χ0n) is 10.8. The number of para-hydroxylation sites is 2. The summed E-state index contributed by atoms with van der Waals surface area (Å²) in [7, 11) is 0. The highest BCUT2D eigenvalue weighted by molar-refractivity contribution is 5.39. The molecule has 0 saturated carbocycles. The van der Waals surface area contributed by atoms with E-state index in [1.54, 1.807) is 0 Å². The van der Waals surface area contributed by atoms with Crippen LogP contribution in [0.5, 0.6) is 11.5 Å². The van der Waals surface area contributed by atoms with Crippen LogP contribution in [0.1, 0.15) is 6.92 Å². The van der Waals surface area contributed by atoms with Gasteiger partial charge in [0.25, 0.3) is 0 Å². The summed E-state index contributed by atoms with van der Waals surface area (Å²) < 4.78 is 11.2. The summed E-state index contributed by atoms with van der Waals surface area (Å²) in [4.78, 5) is 2.28. The Bertz CT molecular complexity index is 364. The molecule has 1 saturated heterocycles. The molecule has 1 aliphatic heterocycles. The molecule has 4 nitrogen and oxygen atoms in total. The number of aliphatic hydroxyl groups is 1. The Balaban J connectivity index is 1.73. The maximum Gasteiger partial charge on any atom is 0.161 e. The van der Waals surface area contributed by atoms with Crippen molar-refractivity contribution in [2.45, 2.75) is 6.92 Å². The number of benzene rings is 1. The van der Waals surface area contributed by atoms with Gasteiger partial charge in [0.05, 0.1) is 6.61 Å². The summed E-state index contributed by atoms with van der Waals surface area (Å²) in [5.74, 6) is 2.07. The van der Waals surface area contributed by atoms with Crippen molar-refractivity contribution in [2.24, 2.45) is 5.92 Å². The van der Waals surface area contributed by atoms with Crippen molar-refractivity contribution >= 4 is 0 Å². The largest absolute Gasteiger partial charge is 0.490 e. The van der Waals surface area contributed by atoms with Crippen LogP contribution >= 0.6 is 0 Å². The van der Waals surface area contributed by atoms with Crippen LogP contribution in [0.15, 0.2) is 24.3 Å². The van der Waals surface area contributed by atoms with E-state index in [0.29, 0.717) is 25.7 Å². The van der Waals surface area contributed by atoms with Gasteiger partial charge in [-0.05, 0) is 19.1 Å². The van der Waals surface area contributed by atoms with Crippen molar-refractivity contribution in [3.05, 3.63) is 24.3 Å². The molecule has 18 heavy (non-hydrogen) atoms. The van der Waals surface area contributed by atoms with Gasteiger partial charge >= 0.3 is 0 Å². The van der Waals surface area contributed by atoms with Crippen LogP contribution in [0, 0.1) is 5.92 Å². The Morgan fingerprint density at radius 3 is 2.50 bits per heavy atom. The minimum atomic E-state index is 0.296. The molecule has 0 aliphatic carbocycles. The molecule has 2 rings (SSSR count). The maximum atomic E-state index is 8.93. The van der Waals surface area contributed by atoms with Gasteiger partial charge in [0.2, 0.25) is 0 Å². The molecule has 1 aliphatic rings. The molecule has 0 bridgehead atoms. The van der Waals surface area contributed by atoms with Crippen LogP contribution in [0.2, 0.25) is 0 Å². The summed E-state index contributed by atoms with van der Waals surface area (Å²) in [5.41, 5.74) is 0. The van der Waals surface area contributed by atoms with Gasteiger partial charge in [-0.3, -0.25) is 4.90 Å². The number of ether oxygens (including phenoxy) is 2. The molecular weight excluding hydrogens is 230 g/mol. The fourth-order valence-corrected chi connectivity index (χ4v) is 2.10. The Hall–Kier alpha value is -1.26. The third-order valence-electron chi connectivity index (χ3n) is 3.11. The average molecular weight is 251 g/mol. The highest BCUT2D eigenvalue weighted by Gasteiger charge is 2.25. The summed E-state index contributed by atoms with van der Waals surface area (Å²) >= 11 is 0. The standard InChI is InChI=1S/C14H21NO3/c1-2-17-13-5-3-4-6-14(13)18-8-7-15-9-12(10-15)11-16/h3-6,12,16H,2,7-11H2,1H3. The average Bonchev–Trinajstić information content (AvgIpc) is 2.34. The molecule has 1 aromatic rings. The van der Waals surface area contributed by atoms with Gasteiger partial charge in [-0.25, -0.2) is 0 Å². The van der Waals surface area contributed by atoms with E-state index >= 15 is 0 Å². The van der Waals surface area contributed by atoms with Crippen molar-refractivity contribution in [1.29, 1.82) is 0 Å². The first-order valence-electron chi connectivity index (χ1n) is 6.51. The minimum absolute atomic E-state index is 0.296. The lowest BCUT2D eigenvalue weighted by Crippen LogP contribution is -2.49. The first-order valence-corrected chi connectivity index (χ1v) is 6.51. The van der Waals surface area contributed by atoms with Crippen molar-refractivity contribution in [3.8, 4) is 11.5 Å². The van der Waals surface area contributed by atoms with Crippen LogP contribution in [0.3, 0.4) is 0 Å². The van der Waals surface area contributed by atoms with Gasteiger partial charge in [-0.2, -0.15) is 0 Å². The van der Waals surface area contributed by atoms with Crippen LogP contribution < -0.4 is 9.47 Å². The summed E-state index contributed by atoms with van der Waals surface area (Å²) in [6, 6.07) is 7.74. The lowest BCUT2D eigenvalue weighted by Gasteiger charge is -2.38. The second-order valence-corrected chi connectivity index (χ2v) is 4.54. The molecule has 1 N–H and O–H groups in total. The lowest BCUT2D eigenvalue weighted by molar-refractivity contribution is 0.0436. The molecule has 1 heterocycles. The van der Waals surface area contributed by atoms with Crippen LogP contribution in [0.25, 0.3) is 0 Å². The van der Waals surface area contributed by atoms with Crippen molar-refractivity contribution in [2.75, 3.05) is 39.5 Å². The van der Waals surface area contributed by atoms with Crippen LogP contribution in [-0.4, -0.2) is 49.5 Å². The zero-order valence-corrected chi connectivity index (χ0v) is 10.8. The summed E-state index contributed by atoms with van der Waals surface area (Å²) in [6.45, 7) is 6.42. The molecule has 0 aromatic heterocycles. The quantitative estimate of drug-likeness (QED) is 0.795. The van der Waals surface area contributed by atoms with Gasteiger partial charge in [0.1, 0.15) is 6.61 Å². The molecule has 0 amide bonds. The number of hydrogen-bond acceptors (Lipinski definition) is 4. The third-order valence-corrected chi connectivity index (χ3v) is 3.11. The Labute approximate surface area is 108 Å². The number of hydrogen-bond donors (Lipinski definition) is 1. The first-order chi connectivity index (χ1) is 8.83. The van der Waals surface area contributed by atoms with Crippen LogP contribution in [0.4, 0.5) is 0 Å². The number of likely N-dealkylation sites (tertiary alicyclic amines) is 1. The van der Waals surface area contributed by atoms with E-state index < -0.39 is 0 Å².